The molecule has 0 bridgehead atoms. The second-order valence-electron chi connectivity index (χ2n) is 2.54. The van der Waals surface area contributed by atoms with Gasteiger partial charge in [0.2, 0.25) is 0 Å². The molecule has 1 rings (SSSR count). The first-order valence-electron chi connectivity index (χ1n) is 4.01. The standard InChI is InChI=1S/C9H10ClNOS/c1-2-8(5-11)13-6-7-3-4-9(10)12-7/h3-4,8H,2,6H2,1H3. The van der Waals surface area contributed by atoms with E-state index >= 15 is 0 Å². The maximum atomic E-state index is 8.68. The Kier molecular flexibility index (Phi) is 4.20. The van der Waals surface area contributed by atoms with E-state index in [-0.39, 0.29) is 5.25 Å². The molecule has 0 aromatic carbocycles. The van der Waals surface area contributed by atoms with Crippen molar-refractivity contribution < 1.29 is 4.42 Å². The van der Waals surface area contributed by atoms with Gasteiger partial charge in [-0.1, -0.05) is 6.92 Å². The van der Waals surface area contributed by atoms with Gasteiger partial charge in [-0.15, -0.1) is 11.8 Å². The van der Waals surface area contributed by atoms with Crippen LogP contribution < -0.4 is 0 Å². The highest BCUT2D eigenvalue weighted by atomic mass is 35.5. The van der Waals surface area contributed by atoms with Crippen molar-refractivity contribution in [1.82, 2.24) is 0 Å². The van der Waals surface area contributed by atoms with Crippen molar-refractivity contribution >= 4 is 23.4 Å². The Bertz CT molecular complexity index is 305. The molecule has 0 N–H and O–H groups in total. The number of furan rings is 1. The molecular formula is C9H10ClNOS. The Labute approximate surface area is 86.9 Å². The summed E-state index contributed by atoms with van der Waals surface area (Å²) in [6.45, 7) is 2.00. The molecule has 1 aromatic rings. The molecule has 0 spiro atoms. The highest BCUT2D eigenvalue weighted by Crippen LogP contribution is 2.22. The molecule has 4 heteroatoms. The third-order valence-corrected chi connectivity index (χ3v) is 3.07. The summed E-state index contributed by atoms with van der Waals surface area (Å²) in [6, 6.07) is 5.76. The van der Waals surface area contributed by atoms with E-state index in [0.717, 1.165) is 12.2 Å². The van der Waals surface area contributed by atoms with E-state index in [9.17, 15) is 0 Å². The van der Waals surface area contributed by atoms with Crippen molar-refractivity contribution in [2.24, 2.45) is 0 Å². The second-order valence-corrected chi connectivity index (χ2v) is 4.11. The zero-order chi connectivity index (χ0) is 9.68. The molecular weight excluding hydrogens is 206 g/mol. The van der Waals surface area contributed by atoms with E-state index in [2.05, 4.69) is 6.07 Å². The normalized spacial score (nSPS) is 12.4. The van der Waals surface area contributed by atoms with Crippen LogP contribution in [0, 0.1) is 11.3 Å². The van der Waals surface area contributed by atoms with E-state index < -0.39 is 0 Å². The maximum Gasteiger partial charge on any atom is 0.193 e. The number of halogens is 1. The third-order valence-electron chi connectivity index (χ3n) is 1.57. The molecule has 0 aliphatic heterocycles. The highest BCUT2D eigenvalue weighted by Gasteiger charge is 2.06. The van der Waals surface area contributed by atoms with Crippen LogP contribution in [0.25, 0.3) is 0 Å². The fourth-order valence-electron chi connectivity index (χ4n) is 0.858. The Hall–Kier alpha value is -0.590. The quantitative estimate of drug-likeness (QED) is 0.772. The summed E-state index contributed by atoms with van der Waals surface area (Å²) in [6.07, 6.45) is 0.857. The topological polar surface area (TPSA) is 36.9 Å². The zero-order valence-corrected chi connectivity index (χ0v) is 8.86. The van der Waals surface area contributed by atoms with Gasteiger partial charge in [-0.3, -0.25) is 0 Å². The van der Waals surface area contributed by atoms with E-state index in [1.807, 2.05) is 13.0 Å². The smallest absolute Gasteiger partial charge is 0.193 e. The third kappa shape index (κ3) is 3.33. The number of rotatable bonds is 4. The van der Waals surface area contributed by atoms with Gasteiger partial charge in [-0.25, -0.2) is 0 Å². The number of hydrogen-bond donors (Lipinski definition) is 0. The molecule has 0 fully saturated rings. The van der Waals surface area contributed by atoms with E-state index in [4.69, 9.17) is 21.3 Å². The predicted octanol–water partition coefficient (Wildman–Crippen LogP) is 3.47. The molecule has 0 saturated heterocycles. The summed E-state index contributed by atoms with van der Waals surface area (Å²) in [5, 5.41) is 9.13. The van der Waals surface area contributed by atoms with Gasteiger partial charge in [0.1, 0.15) is 5.76 Å². The molecule has 13 heavy (non-hydrogen) atoms. The Morgan fingerprint density at radius 2 is 2.46 bits per heavy atom. The molecule has 0 aliphatic carbocycles. The van der Waals surface area contributed by atoms with E-state index in [1.165, 1.54) is 0 Å². The Morgan fingerprint density at radius 1 is 1.69 bits per heavy atom. The summed E-state index contributed by atoms with van der Waals surface area (Å²) in [5.74, 6) is 1.53. The first kappa shape index (κ1) is 10.5. The molecule has 1 aromatic heterocycles. The molecule has 1 atom stereocenters. The molecule has 0 aliphatic rings. The van der Waals surface area contributed by atoms with Crippen LogP contribution in [-0.2, 0) is 5.75 Å². The summed E-state index contributed by atoms with van der Waals surface area (Å²) < 4.78 is 5.16. The van der Waals surface area contributed by atoms with Crippen molar-refractivity contribution in [3.63, 3.8) is 0 Å². The maximum absolute atomic E-state index is 8.68. The number of thioether (sulfide) groups is 1. The average Bonchev–Trinajstić information content (AvgIpc) is 2.53. The van der Waals surface area contributed by atoms with Gasteiger partial charge in [-0.05, 0) is 30.2 Å². The van der Waals surface area contributed by atoms with Crippen LogP contribution in [0.15, 0.2) is 16.5 Å². The van der Waals surface area contributed by atoms with Gasteiger partial charge in [-0.2, -0.15) is 5.26 Å². The van der Waals surface area contributed by atoms with Crippen LogP contribution in [0.1, 0.15) is 19.1 Å². The summed E-state index contributed by atoms with van der Waals surface area (Å²) in [7, 11) is 0. The van der Waals surface area contributed by atoms with Gasteiger partial charge >= 0.3 is 0 Å². The van der Waals surface area contributed by atoms with Crippen LogP contribution in [-0.4, -0.2) is 5.25 Å². The van der Waals surface area contributed by atoms with Crippen molar-refractivity contribution in [2.45, 2.75) is 24.3 Å². The van der Waals surface area contributed by atoms with Gasteiger partial charge < -0.3 is 4.42 Å². The molecule has 1 heterocycles. The van der Waals surface area contributed by atoms with Crippen molar-refractivity contribution in [1.29, 1.82) is 5.26 Å². The van der Waals surface area contributed by atoms with E-state index in [0.29, 0.717) is 11.0 Å². The molecule has 2 nitrogen and oxygen atoms in total. The highest BCUT2D eigenvalue weighted by molar-refractivity contribution is 7.99. The van der Waals surface area contributed by atoms with Crippen molar-refractivity contribution in [2.75, 3.05) is 0 Å². The lowest BCUT2D eigenvalue weighted by Gasteiger charge is -2.02. The molecule has 1 unspecified atom stereocenters. The number of nitrogens with zero attached hydrogens (tertiary/aromatic N) is 1. The first-order chi connectivity index (χ1) is 6.26. The fourth-order valence-corrected chi connectivity index (χ4v) is 1.85. The molecule has 70 valence electrons. The van der Waals surface area contributed by atoms with Gasteiger partial charge in [0.05, 0.1) is 17.1 Å². The second kappa shape index (κ2) is 5.21. The Balaban J connectivity index is 2.39. The Morgan fingerprint density at radius 3 is 2.92 bits per heavy atom. The lowest BCUT2D eigenvalue weighted by Crippen LogP contribution is -1.95. The minimum Gasteiger partial charge on any atom is -0.449 e. The lowest BCUT2D eigenvalue weighted by atomic mass is 10.4. The monoisotopic (exact) mass is 215 g/mol. The van der Waals surface area contributed by atoms with Gasteiger partial charge in [0, 0.05) is 0 Å². The molecule has 0 amide bonds. The lowest BCUT2D eigenvalue weighted by molar-refractivity contribution is 0.532. The number of nitriles is 1. The summed E-state index contributed by atoms with van der Waals surface area (Å²) in [5.41, 5.74) is 0. The first-order valence-corrected chi connectivity index (χ1v) is 5.44. The molecule has 0 radical (unpaired) electrons. The zero-order valence-electron chi connectivity index (χ0n) is 7.29. The van der Waals surface area contributed by atoms with Crippen molar-refractivity contribution in [3.8, 4) is 6.07 Å². The van der Waals surface area contributed by atoms with Crippen molar-refractivity contribution in [3.05, 3.63) is 23.1 Å². The largest absolute Gasteiger partial charge is 0.449 e. The SMILES string of the molecule is CCC(C#N)SCc1ccc(Cl)o1. The summed E-state index contributed by atoms with van der Waals surface area (Å²) in [4.78, 5) is 0. The van der Waals surface area contributed by atoms with Gasteiger partial charge in [0.15, 0.2) is 5.22 Å². The van der Waals surface area contributed by atoms with Crippen LogP contribution in [0.5, 0.6) is 0 Å². The predicted molar refractivity (Wildman–Crippen MR) is 54.7 cm³/mol. The van der Waals surface area contributed by atoms with Gasteiger partial charge in [0.25, 0.3) is 0 Å². The average molecular weight is 216 g/mol. The van der Waals surface area contributed by atoms with Crippen LogP contribution in [0.4, 0.5) is 0 Å². The van der Waals surface area contributed by atoms with Crippen LogP contribution in [0.3, 0.4) is 0 Å². The molecule has 0 saturated carbocycles. The van der Waals surface area contributed by atoms with Crippen LogP contribution in [0.2, 0.25) is 5.22 Å². The van der Waals surface area contributed by atoms with E-state index in [1.54, 1.807) is 17.8 Å². The van der Waals surface area contributed by atoms with Crippen LogP contribution >= 0.6 is 23.4 Å². The minimum absolute atomic E-state index is 0.0453. The number of hydrogen-bond acceptors (Lipinski definition) is 3. The minimum atomic E-state index is 0.0453. The summed E-state index contributed by atoms with van der Waals surface area (Å²) >= 11 is 7.18. The fraction of sp³-hybridized carbons (Fsp3) is 0.444.